The Labute approximate surface area is 445 Å². The summed E-state index contributed by atoms with van der Waals surface area (Å²) in [6.45, 7) is 12.7. The number of carbonyl (C=O) groups excluding carboxylic acids is 5. The van der Waals surface area contributed by atoms with Crippen LogP contribution in [0.25, 0.3) is 0 Å². The molecule has 1 aliphatic carbocycles. The van der Waals surface area contributed by atoms with Gasteiger partial charge in [-0.1, -0.05) is 76.6 Å². The maximum absolute atomic E-state index is 14.6. The van der Waals surface area contributed by atoms with E-state index in [0.717, 1.165) is 5.57 Å². The molecule has 0 aromatic heterocycles. The summed E-state index contributed by atoms with van der Waals surface area (Å²) in [6, 6.07) is 2.33. The van der Waals surface area contributed by atoms with Gasteiger partial charge in [-0.05, 0) is 108 Å². The first-order valence-electron chi connectivity index (χ1n) is 27.1. The summed E-state index contributed by atoms with van der Waals surface area (Å²) < 4.78 is 41.4. The summed E-state index contributed by atoms with van der Waals surface area (Å²) in [5.41, 5.74) is 1.93. The highest BCUT2D eigenvalue weighted by Crippen LogP contribution is 2.47. The van der Waals surface area contributed by atoms with Crippen LogP contribution in [0.5, 0.6) is 17.2 Å². The molecule has 2 bridgehead atoms. The monoisotopic (exact) mass is 1050 g/mol. The van der Waals surface area contributed by atoms with Crippen LogP contribution in [0, 0.1) is 35.5 Å². The normalized spacial score (nSPS) is 36.4. The molecule has 5 rings (SSSR count). The number of amides is 1. The predicted molar refractivity (Wildman–Crippen MR) is 283 cm³/mol. The molecule has 0 spiro atoms. The fourth-order valence-electron chi connectivity index (χ4n) is 11.6. The molecule has 3 fully saturated rings. The van der Waals surface area contributed by atoms with Crippen molar-refractivity contribution in [2.24, 2.45) is 35.5 Å². The molecule has 0 radical (unpaired) electrons. The van der Waals surface area contributed by atoms with Gasteiger partial charge >= 0.3 is 5.97 Å². The molecule has 4 aliphatic rings. The van der Waals surface area contributed by atoms with Gasteiger partial charge in [0.25, 0.3) is 11.7 Å². The Morgan fingerprint density at radius 3 is 2.13 bits per heavy atom. The molecule has 0 unspecified atom stereocenters. The number of rotatable bonds is 9. The molecular weight excluding hydrogens is 963 g/mol. The number of hydrogen-bond acceptors (Lipinski definition) is 15. The van der Waals surface area contributed by atoms with E-state index in [2.05, 4.69) is 0 Å². The fourth-order valence-corrected chi connectivity index (χ4v) is 11.6. The van der Waals surface area contributed by atoms with Crippen LogP contribution < -0.4 is 14.2 Å². The second kappa shape index (κ2) is 28.1. The highest BCUT2D eigenvalue weighted by Gasteiger charge is 2.53. The minimum Gasteiger partial charge on any atom is -0.496 e. The fraction of sp³-hybridized carbons (Fsp3) is 0.678. The lowest BCUT2D eigenvalue weighted by atomic mass is 9.78. The number of aliphatic hydroxyl groups is 3. The zero-order valence-corrected chi connectivity index (χ0v) is 46.6. The van der Waals surface area contributed by atoms with E-state index in [-0.39, 0.29) is 61.2 Å². The largest absolute Gasteiger partial charge is 0.496 e. The molecule has 3 heterocycles. The predicted octanol–water partition coefficient (Wildman–Crippen LogP) is 7.98. The number of piperidine rings is 1. The third kappa shape index (κ3) is 15.3. The Balaban J connectivity index is 1.56. The Morgan fingerprint density at radius 2 is 1.49 bits per heavy atom. The zero-order chi connectivity index (χ0) is 55.3. The van der Waals surface area contributed by atoms with Crippen LogP contribution in [0.2, 0.25) is 0 Å². The number of nitrogens with zero attached hydrogens (tertiary/aromatic N) is 1. The van der Waals surface area contributed by atoms with Crippen LogP contribution in [0.4, 0.5) is 0 Å². The minimum atomic E-state index is -2.52. The van der Waals surface area contributed by atoms with Crippen molar-refractivity contribution in [1.82, 2.24) is 4.90 Å². The summed E-state index contributed by atoms with van der Waals surface area (Å²) in [6.07, 6.45) is 11.0. The average molecular weight is 1050 g/mol. The Hall–Kier alpha value is -4.71. The molecule has 15 atom stereocenters. The Bertz CT molecular complexity index is 2230. The van der Waals surface area contributed by atoms with Crippen molar-refractivity contribution in [3.63, 3.8) is 0 Å². The summed E-state index contributed by atoms with van der Waals surface area (Å²) in [5, 5.41) is 34.5. The van der Waals surface area contributed by atoms with E-state index in [1.54, 1.807) is 67.4 Å². The molecule has 1 saturated carbocycles. The second-order valence-electron chi connectivity index (χ2n) is 21.9. The van der Waals surface area contributed by atoms with Crippen LogP contribution in [0.15, 0.2) is 59.7 Å². The number of methoxy groups -OCH3 is 5. The molecule has 2 saturated heterocycles. The van der Waals surface area contributed by atoms with Crippen LogP contribution in [-0.2, 0) is 42.9 Å². The maximum atomic E-state index is 14.6. The van der Waals surface area contributed by atoms with Gasteiger partial charge in [-0.3, -0.25) is 19.2 Å². The summed E-state index contributed by atoms with van der Waals surface area (Å²) >= 11 is 0. The van der Waals surface area contributed by atoms with E-state index in [0.29, 0.717) is 86.2 Å². The first kappa shape index (κ1) is 61.1. The topological polar surface area (TPSA) is 214 Å². The van der Waals surface area contributed by atoms with Crippen LogP contribution >= 0.6 is 0 Å². The molecular formula is C59H87NO15. The lowest BCUT2D eigenvalue weighted by Crippen LogP contribution is -2.60. The number of aliphatic hydroxyl groups excluding tert-OH is 2. The molecule has 1 aromatic carbocycles. The van der Waals surface area contributed by atoms with E-state index in [1.165, 1.54) is 12.0 Å². The number of benzene rings is 1. The highest BCUT2D eigenvalue weighted by molar-refractivity contribution is 6.39. The Kier molecular flexibility index (Phi) is 22.9. The first-order valence-corrected chi connectivity index (χ1v) is 27.1. The second-order valence-corrected chi connectivity index (χ2v) is 21.9. The number of hydrogen-bond donors (Lipinski definition) is 3. The number of fused-ring (bicyclic) bond motifs is 3. The standard InChI is InChI=1S/C59H87NO15/c1-34-18-14-13-15-19-35(2)44(52-50(71-10)31-43(69-8)32-51(52)72-11)30-42-23-21-40(7)59(68,75-42)56(65)57(66)60-25-17-16-20-45(60)58(67)74-48(37(4)28-41-22-24-46(61)49(29-41)70-9)33-47(62)36(3)27-39(6)54(64)55(73-12)53(63)38(5)26-34/h13-15,18-19,27,31-32,34,36-38,40-42,44-46,48-49,54-55,61,64,68H,16-17,20-26,28-30,33H2,1-12H3/b15-13+,18-14+,35-19+,39-27+/t34-,36-,37-,38-,40-,41-,42+,44+,45+,46-,48+,49-,54-,55+,59-/m1/s1. The number of cyclic esters (lactones) is 1. The molecule has 418 valence electrons. The number of carbonyl (C=O) groups is 5. The van der Waals surface area contributed by atoms with E-state index in [1.807, 2.05) is 58.1 Å². The zero-order valence-electron chi connectivity index (χ0n) is 46.6. The third-order valence-corrected chi connectivity index (χ3v) is 16.4. The van der Waals surface area contributed by atoms with Gasteiger partial charge in [-0.2, -0.15) is 0 Å². The summed E-state index contributed by atoms with van der Waals surface area (Å²) in [4.78, 5) is 73.2. The lowest BCUT2D eigenvalue weighted by molar-refractivity contribution is -0.264. The van der Waals surface area contributed by atoms with Crippen molar-refractivity contribution < 1.29 is 72.5 Å². The smallest absolute Gasteiger partial charge is 0.329 e. The number of Topliss-reactive ketones (excluding diaryl/α,β-unsaturated/α-hetero) is 3. The van der Waals surface area contributed by atoms with Crippen LogP contribution in [0.3, 0.4) is 0 Å². The van der Waals surface area contributed by atoms with Gasteiger partial charge in [-0.15, -0.1) is 0 Å². The van der Waals surface area contributed by atoms with Gasteiger partial charge in [0, 0.05) is 68.6 Å². The van der Waals surface area contributed by atoms with Gasteiger partial charge in [0.15, 0.2) is 5.78 Å². The van der Waals surface area contributed by atoms with Gasteiger partial charge in [0.2, 0.25) is 5.79 Å². The van der Waals surface area contributed by atoms with Gasteiger partial charge in [0.05, 0.1) is 39.6 Å². The molecule has 75 heavy (non-hydrogen) atoms. The van der Waals surface area contributed by atoms with Gasteiger partial charge < -0.3 is 53.4 Å². The molecule has 16 nitrogen and oxygen atoms in total. The molecule has 1 aromatic rings. The first-order chi connectivity index (χ1) is 35.6. The Morgan fingerprint density at radius 1 is 0.800 bits per heavy atom. The van der Waals surface area contributed by atoms with E-state index in [4.69, 9.17) is 33.2 Å². The highest BCUT2D eigenvalue weighted by atomic mass is 16.6. The lowest BCUT2D eigenvalue weighted by Gasteiger charge is -2.43. The van der Waals surface area contributed by atoms with Crippen molar-refractivity contribution in [2.45, 2.75) is 180 Å². The van der Waals surface area contributed by atoms with E-state index in [9.17, 15) is 39.3 Å². The number of allylic oxidation sites excluding steroid dienone is 7. The van der Waals surface area contributed by atoms with Crippen molar-refractivity contribution >= 4 is 29.2 Å². The van der Waals surface area contributed by atoms with Crippen molar-refractivity contribution in [2.75, 3.05) is 42.1 Å². The number of esters is 1. The quantitative estimate of drug-likeness (QED) is 0.122. The molecule has 3 N–H and O–H groups in total. The minimum absolute atomic E-state index is 0.0327. The van der Waals surface area contributed by atoms with Gasteiger partial charge in [0.1, 0.15) is 47.4 Å². The van der Waals surface area contributed by atoms with E-state index < -0.39 is 83.7 Å². The number of ketones is 3. The summed E-state index contributed by atoms with van der Waals surface area (Å²) in [5.74, 6) is -7.38. The van der Waals surface area contributed by atoms with Gasteiger partial charge in [-0.25, -0.2) is 4.79 Å². The SMILES string of the molecule is COc1cc(OC)c([C@H]2C[C@@H]3CC[C@@H](C)[C@@](O)(O3)C(=O)C(=O)N3CCCC[C@H]3C(=O)O[C@H]([C@H](C)C[C@H]3CC[C@@H](O)[C@H](OC)C3)CC(=O)[C@H](C)/C=C(\C)[C@@H](O)[C@@H](OC)C(=O)[C@H](C)C[C@H](C)/C=C/C=C/C=C/2C)c(OC)c1. The van der Waals surface area contributed by atoms with E-state index >= 15 is 0 Å². The van der Waals surface area contributed by atoms with Crippen molar-refractivity contribution in [3.05, 3.63) is 65.3 Å². The average Bonchev–Trinajstić information content (AvgIpc) is 3.40. The maximum Gasteiger partial charge on any atom is 0.329 e. The third-order valence-electron chi connectivity index (χ3n) is 16.4. The van der Waals surface area contributed by atoms with Crippen LogP contribution in [-0.4, -0.2) is 140 Å². The number of ether oxygens (including phenoxy) is 7. The molecule has 16 heteroatoms. The summed E-state index contributed by atoms with van der Waals surface area (Å²) in [7, 11) is 7.58. The van der Waals surface area contributed by atoms with Crippen LogP contribution in [0.1, 0.15) is 137 Å². The molecule has 3 aliphatic heterocycles. The van der Waals surface area contributed by atoms with Crippen molar-refractivity contribution in [1.29, 1.82) is 0 Å². The van der Waals surface area contributed by atoms with Crippen molar-refractivity contribution in [3.8, 4) is 17.2 Å². The molecule has 1 amide bonds.